The molecule has 2 rings (SSSR count). The standard InChI is InChI=1S/C14H19NO/c1-16-14(7-8-14)11-13-5-2-4-12(10-13)6-3-9-15/h2-6,10H,7-9,11,15H2,1H3/b6-3+. The predicted octanol–water partition coefficient (Wildman–Crippen LogP) is 2.38. The summed E-state index contributed by atoms with van der Waals surface area (Å²) in [5.74, 6) is 0. The predicted molar refractivity (Wildman–Crippen MR) is 67.2 cm³/mol. The summed E-state index contributed by atoms with van der Waals surface area (Å²) in [6.07, 6.45) is 7.44. The van der Waals surface area contributed by atoms with Gasteiger partial charge in [-0.25, -0.2) is 0 Å². The van der Waals surface area contributed by atoms with Crippen molar-refractivity contribution in [3.8, 4) is 0 Å². The third-order valence-corrected chi connectivity index (χ3v) is 3.16. The first-order chi connectivity index (χ1) is 7.78. The van der Waals surface area contributed by atoms with E-state index < -0.39 is 0 Å². The molecule has 1 fully saturated rings. The first kappa shape index (κ1) is 11.4. The van der Waals surface area contributed by atoms with Crippen molar-refractivity contribution in [1.82, 2.24) is 0 Å². The Morgan fingerprint density at radius 1 is 1.44 bits per heavy atom. The van der Waals surface area contributed by atoms with Gasteiger partial charge in [0.1, 0.15) is 0 Å². The molecule has 0 heterocycles. The molecule has 0 radical (unpaired) electrons. The van der Waals surface area contributed by atoms with Gasteiger partial charge in [-0.15, -0.1) is 0 Å². The number of ether oxygens (including phenoxy) is 1. The molecule has 16 heavy (non-hydrogen) atoms. The van der Waals surface area contributed by atoms with E-state index >= 15 is 0 Å². The highest BCUT2D eigenvalue weighted by Crippen LogP contribution is 2.41. The minimum Gasteiger partial charge on any atom is -0.378 e. The first-order valence-corrected chi connectivity index (χ1v) is 5.79. The summed E-state index contributed by atoms with van der Waals surface area (Å²) in [6.45, 7) is 0.590. The Hall–Kier alpha value is -1.12. The second-order valence-corrected chi connectivity index (χ2v) is 4.45. The van der Waals surface area contributed by atoms with Gasteiger partial charge in [-0.1, -0.05) is 36.4 Å². The average molecular weight is 217 g/mol. The number of benzene rings is 1. The summed E-state index contributed by atoms with van der Waals surface area (Å²) in [5, 5.41) is 0. The van der Waals surface area contributed by atoms with Gasteiger partial charge in [0.2, 0.25) is 0 Å². The van der Waals surface area contributed by atoms with E-state index in [0.717, 1.165) is 6.42 Å². The molecule has 1 aliphatic carbocycles. The highest BCUT2D eigenvalue weighted by Gasteiger charge is 2.42. The van der Waals surface area contributed by atoms with Crippen LogP contribution in [-0.2, 0) is 11.2 Å². The van der Waals surface area contributed by atoms with Crippen molar-refractivity contribution < 1.29 is 4.74 Å². The third kappa shape index (κ3) is 2.71. The Morgan fingerprint density at radius 3 is 2.88 bits per heavy atom. The molecule has 0 atom stereocenters. The van der Waals surface area contributed by atoms with Gasteiger partial charge in [-0.3, -0.25) is 0 Å². The monoisotopic (exact) mass is 217 g/mol. The van der Waals surface area contributed by atoms with Gasteiger partial charge < -0.3 is 10.5 Å². The average Bonchev–Trinajstić information content (AvgIpc) is 3.07. The van der Waals surface area contributed by atoms with Crippen LogP contribution in [-0.4, -0.2) is 19.3 Å². The van der Waals surface area contributed by atoms with E-state index in [0.29, 0.717) is 6.54 Å². The molecule has 86 valence electrons. The molecule has 2 nitrogen and oxygen atoms in total. The van der Waals surface area contributed by atoms with E-state index in [1.54, 1.807) is 0 Å². The Bertz CT molecular complexity index is 380. The minimum atomic E-state index is 0.135. The lowest BCUT2D eigenvalue weighted by Crippen LogP contribution is -2.14. The molecule has 1 aliphatic rings. The molecule has 2 heteroatoms. The molecule has 1 aromatic rings. The zero-order valence-corrected chi connectivity index (χ0v) is 9.78. The normalized spacial score (nSPS) is 17.9. The third-order valence-electron chi connectivity index (χ3n) is 3.16. The number of rotatable bonds is 5. The fraction of sp³-hybridized carbons (Fsp3) is 0.429. The van der Waals surface area contributed by atoms with Crippen LogP contribution in [0, 0.1) is 0 Å². The smallest absolute Gasteiger partial charge is 0.0721 e. The van der Waals surface area contributed by atoms with E-state index in [9.17, 15) is 0 Å². The molecule has 0 amide bonds. The molecule has 1 aromatic carbocycles. The van der Waals surface area contributed by atoms with Gasteiger partial charge in [0, 0.05) is 20.1 Å². The van der Waals surface area contributed by atoms with Crippen LogP contribution < -0.4 is 5.73 Å². The van der Waals surface area contributed by atoms with Crippen molar-refractivity contribution in [2.24, 2.45) is 5.73 Å². The van der Waals surface area contributed by atoms with Gasteiger partial charge in [-0.2, -0.15) is 0 Å². The van der Waals surface area contributed by atoms with Crippen LogP contribution in [0.5, 0.6) is 0 Å². The lowest BCUT2D eigenvalue weighted by molar-refractivity contribution is 0.0807. The summed E-state index contributed by atoms with van der Waals surface area (Å²) < 4.78 is 5.54. The lowest BCUT2D eigenvalue weighted by Gasteiger charge is -2.13. The SMILES string of the molecule is COC1(Cc2cccc(/C=C/CN)c2)CC1. The van der Waals surface area contributed by atoms with Crippen molar-refractivity contribution in [2.45, 2.75) is 24.9 Å². The van der Waals surface area contributed by atoms with Gasteiger partial charge >= 0.3 is 0 Å². The lowest BCUT2D eigenvalue weighted by atomic mass is 10.0. The molecular formula is C14H19NO. The Balaban J connectivity index is 2.07. The van der Waals surface area contributed by atoms with Gasteiger partial charge in [0.15, 0.2) is 0 Å². The molecule has 2 N–H and O–H groups in total. The summed E-state index contributed by atoms with van der Waals surface area (Å²) in [5.41, 5.74) is 8.14. The quantitative estimate of drug-likeness (QED) is 0.822. The molecule has 0 aliphatic heterocycles. The Kier molecular flexibility index (Phi) is 3.42. The summed E-state index contributed by atoms with van der Waals surface area (Å²) in [4.78, 5) is 0. The molecule has 0 bridgehead atoms. The van der Waals surface area contributed by atoms with Gasteiger partial charge in [0.25, 0.3) is 0 Å². The summed E-state index contributed by atoms with van der Waals surface area (Å²) in [7, 11) is 1.81. The molecule has 0 unspecified atom stereocenters. The van der Waals surface area contributed by atoms with Crippen molar-refractivity contribution in [1.29, 1.82) is 0 Å². The zero-order chi connectivity index (χ0) is 11.4. The van der Waals surface area contributed by atoms with Crippen LogP contribution in [0.3, 0.4) is 0 Å². The van der Waals surface area contributed by atoms with E-state index in [2.05, 4.69) is 30.3 Å². The zero-order valence-electron chi connectivity index (χ0n) is 9.78. The second-order valence-electron chi connectivity index (χ2n) is 4.45. The number of hydrogen-bond acceptors (Lipinski definition) is 2. The molecule has 1 saturated carbocycles. The highest BCUT2D eigenvalue weighted by atomic mass is 16.5. The van der Waals surface area contributed by atoms with Crippen LogP contribution in [0.2, 0.25) is 0 Å². The van der Waals surface area contributed by atoms with E-state index in [1.165, 1.54) is 24.0 Å². The molecular weight excluding hydrogens is 198 g/mol. The van der Waals surface area contributed by atoms with Crippen LogP contribution in [0.25, 0.3) is 6.08 Å². The first-order valence-electron chi connectivity index (χ1n) is 5.79. The van der Waals surface area contributed by atoms with Gasteiger partial charge in [0.05, 0.1) is 5.60 Å². The van der Waals surface area contributed by atoms with Crippen molar-refractivity contribution in [3.05, 3.63) is 41.5 Å². The van der Waals surface area contributed by atoms with Crippen LogP contribution in [0.4, 0.5) is 0 Å². The van der Waals surface area contributed by atoms with E-state index in [1.807, 2.05) is 13.2 Å². The maximum absolute atomic E-state index is 5.54. The Labute approximate surface area is 97.1 Å². The topological polar surface area (TPSA) is 35.2 Å². The Morgan fingerprint density at radius 2 is 2.25 bits per heavy atom. The molecule has 0 spiro atoms. The summed E-state index contributed by atoms with van der Waals surface area (Å²) >= 11 is 0. The summed E-state index contributed by atoms with van der Waals surface area (Å²) in [6, 6.07) is 8.57. The van der Waals surface area contributed by atoms with E-state index in [-0.39, 0.29) is 5.60 Å². The number of nitrogens with two attached hydrogens (primary N) is 1. The minimum absolute atomic E-state index is 0.135. The highest BCUT2D eigenvalue weighted by molar-refractivity contribution is 5.50. The van der Waals surface area contributed by atoms with Gasteiger partial charge in [-0.05, 0) is 24.0 Å². The van der Waals surface area contributed by atoms with Crippen LogP contribution in [0.15, 0.2) is 30.3 Å². The largest absolute Gasteiger partial charge is 0.378 e. The van der Waals surface area contributed by atoms with E-state index in [4.69, 9.17) is 10.5 Å². The van der Waals surface area contributed by atoms with Crippen molar-refractivity contribution in [3.63, 3.8) is 0 Å². The maximum Gasteiger partial charge on any atom is 0.0721 e. The fourth-order valence-electron chi connectivity index (χ4n) is 1.98. The fourth-order valence-corrected chi connectivity index (χ4v) is 1.98. The molecule has 0 aromatic heterocycles. The number of hydrogen-bond donors (Lipinski definition) is 1. The van der Waals surface area contributed by atoms with Crippen LogP contribution in [0.1, 0.15) is 24.0 Å². The maximum atomic E-state index is 5.54. The van der Waals surface area contributed by atoms with Crippen LogP contribution >= 0.6 is 0 Å². The second kappa shape index (κ2) is 4.81. The number of methoxy groups -OCH3 is 1. The van der Waals surface area contributed by atoms with Crippen molar-refractivity contribution in [2.75, 3.05) is 13.7 Å². The molecule has 0 saturated heterocycles. The van der Waals surface area contributed by atoms with Crippen molar-refractivity contribution >= 4 is 6.08 Å².